The first-order chi connectivity index (χ1) is 12.2. The quantitative estimate of drug-likeness (QED) is 0.495. The Kier molecular flexibility index (Phi) is 8.26. The number of ether oxygens (including phenoxy) is 2. The monoisotopic (exact) mass is 347 g/mol. The van der Waals surface area contributed by atoms with Gasteiger partial charge >= 0.3 is 5.97 Å². The van der Waals surface area contributed by atoms with Crippen molar-refractivity contribution in [3.63, 3.8) is 0 Å². The molecule has 1 heterocycles. The van der Waals surface area contributed by atoms with Crippen LogP contribution >= 0.6 is 0 Å². The molecule has 2 rings (SSSR count). The number of hydrogen-bond donors (Lipinski definition) is 0. The van der Waals surface area contributed by atoms with Crippen molar-refractivity contribution in [2.45, 2.75) is 52.4 Å². The van der Waals surface area contributed by atoms with Crippen LogP contribution in [0.25, 0.3) is 0 Å². The zero-order valence-corrected chi connectivity index (χ0v) is 16.0. The van der Waals surface area contributed by atoms with Crippen LogP contribution in [0.3, 0.4) is 0 Å². The van der Waals surface area contributed by atoms with Crippen LogP contribution in [0.4, 0.5) is 0 Å². The molecule has 1 saturated heterocycles. The molecule has 1 aliphatic rings. The molecule has 1 aliphatic heterocycles. The molecule has 1 aromatic rings. The van der Waals surface area contributed by atoms with Crippen molar-refractivity contribution in [2.75, 3.05) is 32.8 Å². The van der Waals surface area contributed by atoms with Crippen molar-refractivity contribution >= 4 is 5.97 Å². The molecule has 4 nitrogen and oxygen atoms in total. The molecule has 1 fully saturated rings. The lowest BCUT2D eigenvalue weighted by atomic mass is 9.97. The number of para-hydroxylation sites is 1. The van der Waals surface area contributed by atoms with Crippen LogP contribution < -0.4 is 4.74 Å². The summed E-state index contributed by atoms with van der Waals surface area (Å²) in [6.45, 7) is 10.5. The summed E-state index contributed by atoms with van der Waals surface area (Å²) in [6, 6.07) is 8.37. The molecule has 0 N–H and O–H groups in total. The first-order valence-corrected chi connectivity index (χ1v) is 9.76. The Morgan fingerprint density at radius 1 is 1.24 bits per heavy atom. The molecule has 0 spiro atoms. The minimum atomic E-state index is -0.0212. The molecular formula is C21H33NO3. The van der Waals surface area contributed by atoms with Gasteiger partial charge in [-0.15, -0.1) is 0 Å². The van der Waals surface area contributed by atoms with Gasteiger partial charge in [0, 0.05) is 6.54 Å². The Labute approximate surface area is 152 Å². The molecule has 1 aromatic carbocycles. The van der Waals surface area contributed by atoms with E-state index in [1.54, 1.807) is 0 Å². The van der Waals surface area contributed by atoms with Crippen LogP contribution in [0.1, 0.15) is 57.9 Å². The third kappa shape index (κ3) is 6.03. The third-order valence-corrected chi connectivity index (χ3v) is 5.15. The topological polar surface area (TPSA) is 38.8 Å². The number of benzene rings is 1. The zero-order valence-electron chi connectivity index (χ0n) is 16.0. The van der Waals surface area contributed by atoms with Gasteiger partial charge in [0.05, 0.1) is 19.1 Å². The Hall–Kier alpha value is -1.55. The Balaban J connectivity index is 1.68. The van der Waals surface area contributed by atoms with Gasteiger partial charge in [0.25, 0.3) is 0 Å². The molecule has 0 saturated carbocycles. The van der Waals surface area contributed by atoms with Crippen molar-refractivity contribution in [2.24, 2.45) is 5.92 Å². The maximum absolute atomic E-state index is 11.8. The maximum atomic E-state index is 11.8. The molecule has 4 heteroatoms. The second kappa shape index (κ2) is 10.4. The second-order valence-corrected chi connectivity index (χ2v) is 6.92. The number of carbonyl (C=O) groups is 1. The standard InChI is InChI=1S/C21H33NO3/c1-4-17(3)19-9-6-7-10-20(19)25-16-8-13-22-14-11-18(12-15-22)21(23)24-5-2/h6-7,9-10,17-18H,4-5,8,11-16H2,1-3H3/t17-/m0/s1. The summed E-state index contributed by atoms with van der Waals surface area (Å²) < 4.78 is 11.2. The molecule has 0 bridgehead atoms. The average Bonchev–Trinajstić information content (AvgIpc) is 2.65. The van der Waals surface area contributed by atoms with Crippen LogP contribution in [-0.2, 0) is 9.53 Å². The number of likely N-dealkylation sites (tertiary alicyclic amines) is 1. The van der Waals surface area contributed by atoms with Gasteiger partial charge in [0.2, 0.25) is 0 Å². The van der Waals surface area contributed by atoms with Gasteiger partial charge in [-0.25, -0.2) is 0 Å². The number of nitrogens with zero attached hydrogens (tertiary/aromatic N) is 1. The third-order valence-electron chi connectivity index (χ3n) is 5.15. The minimum Gasteiger partial charge on any atom is -0.493 e. The molecule has 0 unspecified atom stereocenters. The Morgan fingerprint density at radius 2 is 1.96 bits per heavy atom. The SMILES string of the molecule is CCOC(=O)C1CCN(CCCOc2ccccc2[C@@H](C)CC)CC1. The summed E-state index contributed by atoms with van der Waals surface area (Å²) in [5, 5.41) is 0. The summed E-state index contributed by atoms with van der Waals surface area (Å²) in [7, 11) is 0. The van der Waals surface area contributed by atoms with Gasteiger partial charge < -0.3 is 14.4 Å². The fourth-order valence-corrected chi connectivity index (χ4v) is 3.36. The van der Waals surface area contributed by atoms with E-state index < -0.39 is 0 Å². The zero-order chi connectivity index (χ0) is 18.1. The van der Waals surface area contributed by atoms with E-state index in [0.29, 0.717) is 12.5 Å². The normalized spacial score (nSPS) is 17.2. The van der Waals surface area contributed by atoms with Crippen LogP contribution in [-0.4, -0.2) is 43.7 Å². The number of piperidine rings is 1. The van der Waals surface area contributed by atoms with E-state index in [2.05, 4.69) is 36.9 Å². The maximum Gasteiger partial charge on any atom is 0.309 e. The lowest BCUT2D eigenvalue weighted by molar-refractivity contribution is -0.149. The van der Waals surface area contributed by atoms with E-state index in [1.807, 2.05) is 13.0 Å². The van der Waals surface area contributed by atoms with E-state index in [0.717, 1.165) is 57.7 Å². The van der Waals surface area contributed by atoms with Crippen LogP contribution in [0.15, 0.2) is 24.3 Å². The van der Waals surface area contributed by atoms with Gasteiger partial charge in [0.15, 0.2) is 0 Å². The summed E-state index contributed by atoms with van der Waals surface area (Å²) in [5.74, 6) is 1.62. The molecule has 140 valence electrons. The highest BCUT2D eigenvalue weighted by molar-refractivity contribution is 5.72. The Bertz CT molecular complexity index is 524. The van der Waals surface area contributed by atoms with Crippen molar-refractivity contribution < 1.29 is 14.3 Å². The molecule has 0 aliphatic carbocycles. The number of rotatable bonds is 9. The van der Waals surface area contributed by atoms with E-state index in [1.165, 1.54) is 5.56 Å². The van der Waals surface area contributed by atoms with Gasteiger partial charge in [0.1, 0.15) is 5.75 Å². The summed E-state index contributed by atoms with van der Waals surface area (Å²) >= 11 is 0. The van der Waals surface area contributed by atoms with Gasteiger partial charge in [-0.3, -0.25) is 4.79 Å². The second-order valence-electron chi connectivity index (χ2n) is 6.92. The number of esters is 1. The predicted molar refractivity (Wildman–Crippen MR) is 101 cm³/mol. The predicted octanol–water partition coefficient (Wildman–Crippen LogP) is 4.24. The van der Waals surface area contributed by atoms with Crippen LogP contribution in [0.5, 0.6) is 5.75 Å². The molecule has 1 atom stereocenters. The van der Waals surface area contributed by atoms with Crippen LogP contribution in [0.2, 0.25) is 0 Å². The molecular weight excluding hydrogens is 314 g/mol. The number of hydrogen-bond acceptors (Lipinski definition) is 4. The fourth-order valence-electron chi connectivity index (χ4n) is 3.36. The Morgan fingerprint density at radius 3 is 2.64 bits per heavy atom. The molecule has 25 heavy (non-hydrogen) atoms. The highest BCUT2D eigenvalue weighted by Crippen LogP contribution is 2.28. The lowest BCUT2D eigenvalue weighted by Gasteiger charge is -2.30. The summed E-state index contributed by atoms with van der Waals surface area (Å²) in [4.78, 5) is 14.2. The number of carbonyl (C=O) groups excluding carboxylic acids is 1. The minimum absolute atomic E-state index is 0.0212. The highest BCUT2D eigenvalue weighted by Gasteiger charge is 2.25. The molecule has 0 radical (unpaired) electrons. The van der Waals surface area contributed by atoms with Crippen LogP contribution in [0, 0.1) is 5.92 Å². The van der Waals surface area contributed by atoms with E-state index in [9.17, 15) is 4.79 Å². The van der Waals surface area contributed by atoms with Gasteiger partial charge in [-0.1, -0.05) is 32.0 Å². The van der Waals surface area contributed by atoms with Crippen molar-refractivity contribution in [3.05, 3.63) is 29.8 Å². The van der Waals surface area contributed by atoms with E-state index >= 15 is 0 Å². The van der Waals surface area contributed by atoms with E-state index in [-0.39, 0.29) is 11.9 Å². The van der Waals surface area contributed by atoms with Gasteiger partial charge in [-0.05, 0) is 63.2 Å². The van der Waals surface area contributed by atoms with E-state index in [4.69, 9.17) is 9.47 Å². The van der Waals surface area contributed by atoms with Crippen molar-refractivity contribution in [1.29, 1.82) is 0 Å². The average molecular weight is 347 g/mol. The lowest BCUT2D eigenvalue weighted by Crippen LogP contribution is -2.37. The fraction of sp³-hybridized carbons (Fsp3) is 0.667. The summed E-state index contributed by atoms with van der Waals surface area (Å²) in [6.07, 6.45) is 3.96. The smallest absolute Gasteiger partial charge is 0.309 e. The van der Waals surface area contributed by atoms with Crippen molar-refractivity contribution in [3.8, 4) is 5.75 Å². The first-order valence-electron chi connectivity index (χ1n) is 9.76. The largest absolute Gasteiger partial charge is 0.493 e. The highest BCUT2D eigenvalue weighted by atomic mass is 16.5. The van der Waals surface area contributed by atoms with Crippen molar-refractivity contribution in [1.82, 2.24) is 4.90 Å². The first kappa shape index (κ1) is 19.8. The van der Waals surface area contributed by atoms with Gasteiger partial charge in [-0.2, -0.15) is 0 Å². The molecule has 0 amide bonds. The molecule has 0 aromatic heterocycles. The summed E-state index contributed by atoms with van der Waals surface area (Å²) in [5.41, 5.74) is 1.31.